The molecule has 1 rings (SSSR count). The summed E-state index contributed by atoms with van der Waals surface area (Å²) in [6, 6.07) is 0. The molecule has 0 aliphatic rings. The van der Waals surface area contributed by atoms with E-state index in [4.69, 9.17) is 0 Å². The Labute approximate surface area is 81.7 Å². The highest BCUT2D eigenvalue weighted by molar-refractivity contribution is 14.1. The van der Waals surface area contributed by atoms with Crippen LogP contribution >= 0.6 is 45.5 Å². The van der Waals surface area contributed by atoms with Crippen molar-refractivity contribution in [2.45, 2.75) is 13.8 Å². The van der Waals surface area contributed by atoms with Gasteiger partial charge in [0, 0.05) is 28.3 Å². The lowest BCUT2D eigenvalue weighted by atomic mass is 10.4. The Morgan fingerprint density at radius 1 is 1.44 bits per heavy atom. The highest BCUT2D eigenvalue weighted by Gasteiger charge is 2.03. The summed E-state index contributed by atoms with van der Waals surface area (Å²) in [4.78, 5) is 4.25. The lowest BCUT2D eigenvalue weighted by Gasteiger charge is -1.90. The lowest BCUT2D eigenvalue weighted by molar-refractivity contribution is 1.16. The molecule has 0 atom stereocenters. The molecule has 0 N–H and O–H groups in total. The van der Waals surface area contributed by atoms with Gasteiger partial charge in [-0.05, 0) is 13.8 Å². The van der Waals surface area contributed by atoms with Gasteiger partial charge in [-0.3, -0.25) is 2.78 Å². The molecule has 0 saturated carbocycles. The van der Waals surface area contributed by atoms with E-state index < -0.39 is 0 Å². The van der Waals surface area contributed by atoms with Crippen LogP contribution in [0.25, 0.3) is 0 Å². The van der Waals surface area contributed by atoms with Crippen molar-refractivity contribution in [1.29, 1.82) is 0 Å². The van der Waals surface area contributed by atoms with E-state index >= 15 is 0 Å². The van der Waals surface area contributed by atoms with Crippen LogP contribution in [0.4, 0.5) is 0 Å². The van der Waals surface area contributed by atoms with Gasteiger partial charge in [0.15, 0.2) is 3.83 Å². The van der Waals surface area contributed by atoms with E-state index in [1.807, 2.05) is 9.70 Å². The summed E-state index contributed by atoms with van der Waals surface area (Å²) < 4.78 is 3.09. The lowest BCUT2D eigenvalue weighted by Crippen LogP contribution is -1.83. The van der Waals surface area contributed by atoms with Gasteiger partial charge in [-0.15, -0.1) is 0 Å². The average molecular weight is 348 g/mol. The number of imidazole rings is 1. The fourth-order valence-electron chi connectivity index (χ4n) is 0.544. The summed E-state index contributed by atoms with van der Waals surface area (Å²) in [6.07, 6.45) is 0. The number of rotatable bonds is 0. The average Bonchev–Trinajstić information content (AvgIpc) is 1.98. The third kappa shape index (κ3) is 1.39. The first-order valence-corrected chi connectivity index (χ1v) is 4.55. The molecular weight excluding hydrogens is 342 g/mol. The summed E-state index contributed by atoms with van der Waals surface area (Å²) in [6.45, 7) is 4.09. The van der Waals surface area contributed by atoms with Gasteiger partial charge in [0.1, 0.15) is 0 Å². The zero-order chi connectivity index (χ0) is 7.02. The molecular formula is C5H6I2N2. The fraction of sp³-hybridized carbons (Fsp3) is 0.400. The van der Waals surface area contributed by atoms with E-state index in [9.17, 15) is 0 Å². The zero-order valence-corrected chi connectivity index (χ0v) is 9.47. The topological polar surface area (TPSA) is 17.8 Å². The Bertz CT molecular complexity index is 207. The summed E-state index contributed by atoms with van der Waals surface area (Å²) in [7, 11) is 0. The van der Waals surface area contributed by atoms with Crippen LogP contribution in [0.15, 0.2) is 0 Å². The molecule has 9 heavy (non-hydrogen) atoms. The minimum Gasteiger partial charge on any atom is -0.264 e. The quantitative estimate of drug-likeness (QED) is 0.658. The predicted molar refractivity (Wildman–Crippen MR) is 53.8 cm³/mol. The maximum Gasteiger partial charge on any atom is 0.180 e. The van der Waals surface area contributed by atoms with Gasteiger partial charge in [0.25, 0.3) is 0 Å². The minimum absolute atomic E-state index is 1.04. The molecule has 2 nitrogen and oxygen atoms in total. The molecule has 0 fully saturated rings. The van der Waals surface area contributed by atoms with Crippen molar-refractivity contribution in [2.75, 3.05) is 0 Å². The van der Waals surface area contributed by atoms with Crippen LogP contribution in [0.2, 0.25) is 0 Å². The smallest absolute Gasteiger partial charge is 0.180 e. The first-order chi connectivity index (χ1) is 4.13. The van der Waals surface area contributed by atoms with Crippen molar-refractivity contribution in [3.63, 3.8) is 0 Å². The van der Waals surface area contributed by atoms with Gasteiger partial charge >= 0.3 is 0 Å². The number of hydrogen-bond acceptors (Lipinski definition) is 1. The van der Waals surface area contributed by atoms with Crippen LogP contribution in [-0.2, 0) is 0 Å². The molecule has 0 aliphatic heterocycles. The van der Waals surface area contributed by atoms with Crippen molar-refractivity contribution >= 4 is 45.5 Å². The van der Waals surface area contributed by atoms with Gasteiger partial charge in [-0.2, -0.15) is 0 Å². The molecule has 0 bridgehead atoms. The van der Waals surface area contributed by atoms with Crippen molar-refractivity contribution in [3.8, 4) is 0 Å². The van der Waals surface area contributed by atoms with Crippen molar-refractivity contribution < 1.29 is 0 Å². The Morgan fingerprint density at radius 2 is 2.00 bits per heavy atom. The van der Waals surface area contributed by atoms with Crippen LogP contribution < -0.4 is 0 Å². The fourth-order valence-corrected chi connectivity index (χ4v) is 1.72. The highest BCUT2D eigenvalue weighted by atomic mass is 127. The summed E-state index contributed by atoms with van der Waals surface area (Å²) in [5.74, 6) is 0. The van der Waals surface area contributed by atoms with E-state index in [2.05, 4.69) is 57.4 Å². The van der Waals surface area contributed by atoms with E-state index in [1.165, 1.54) is 5.69 Å². The maximum atomic E-state index is 4.25. The van der Waals surface area contributed by atoms with Crippen molar-refractivity contribution in [3.05, 3.63) is 15.2 Å². The standard InChI is InChI=1S/C5H6I2N2/c1-3-4(2)9(7)5(6)8-3/h1-2H3. The first kappa shape index (κ1) is 7.77. The number of nitrogens with zero attached hydrogens (tertiary/aromatic N) is 2. The van der Waals surface area contributed by atoms with E-state index in [0.717, 1.165) is 9.53 Å². The summed E-state index contributed by atoms with van der Waals surface area (Å²) in [5, 5.41) is 0. The van der Waals surface area contributed by atoms with Crippen LogP contribution in [-0.4, -0.2) is 7.76 Å². The molecule has 0 saturated heterocycles. The van der Waals surface area contributed by atoms with E-state index in [0.29, 0.717) is 0 Å². The van der Waals surface area contributed by atoms with E-state index in [1.54, 1.807) is 0 Å². The number of hydrogen-bond donors (Lipinski definition) is 0. The normalized spacial score (nSPS) is 10.2. The number of aryl methyl sites for hydroxylation is 1. The molecule has 4 heteroatoms. The van der Waals surface area contributed by atoms with Gasteiger partial charge < -0.3 is 0 Å². The number of halogens is 2. The van der Waals surface area contributed by atoms with E-state index in [-0.39, 0.29) is 0 Å². The molecule has 1 aromatic heterocycles. The molecule has 0 radical (unpaired) electrons. The molecule has 0 aromatic carbocycles. The Morgan fingerprint density at radius 3 is 2.11 bits per heavy atom. The third-order valence-corrected chi connectivity index (χ3v) is 4.07. The third-order valence-electron chi connectivity index (χ3n) is 1.24. The van der Waals surface area contributed by atoms with Crippen molar-refractivity contribution in [2.24, 2.45) is 0 Å². The minimum atomic E-state index is 1.04. The molecule has 50 valence electrons. The molecule has 0 unspecified atom stereocenters. The Kier molecular flexibility index (Phi) is 2.36. The first-order valence-electron chi connectivity index (χ1n) is 2.50. The molecule has 1 heterocycles. The highest BCUT2D eigenvalue weighted by Crippen LogP contribution is 2.14. The van der Waals surface area contributed by atoms with Crippen LogP contribution in [0, 0.1) is 17.7 Å². The zero-order valence-electron chi connectivity index (χ0n) is 5.15. The van der Waals surface area contributed by atoms with Gasteiger partial charge in [0.05, 0.1) is 28.6 Å². The molecule has 1 aromatic rings. The second-order valence-electron chi connectivity index (χ2n) is 1.83. The van der Waals surface area contributed by atoms with Crippen molar-refractivity contribution in [1.82, 2.24) is 7.76 Å². The summed E-state index contributed by atoms with van der Waals surface area (Å²) in [5.41, 5.74) is 2.36. The van der Waals surface area contributed by atoms with Gasteiger partial charge in [0.2, 0.25) is 0 Å². The Balaban J connectivity index is 3.29. The van der Waals surface area contributed by atoms with Gasteiger partial charge in [-0.1, -0.05) is 0 Å². The van der Waals surface area contributed by atoms with Crippen LogP contribution in [0.1, 0.15) is 11.4 Å². The summed E-state index contributed by atoms with van der Waals surface area (Å²) >= 11 is 4.45. The predicted octanol–water partition coefficient (Wildman–Crippen LogP) is 2.30. The number of aromatic nitrogens is 2. The second-order valence-corrected chi connectivity index (χ2v) is 3.76. The van der Waals surface area contributed by atoms with Crippen LogP contribution in [0.5, 0.6) is 0 Å². The van der Waals surface area contributed by atoms with Crippen LogP contribution in [0.3, 0.4) is 0 Å². The molecule has 0 aliphatic carbocycles. The molecule has 0 spiro atoms. The Hall–Kier alpha value is 0.670. The maximum absolute atomic E-state index is 4.25. The largest absolute Gasteiger partial charge is 0.264 e. The SMILES string of the molecule is Cc1nc(I)n(I)c1C. The monoisotopic (exact) mass is 348 g/mol. The molecule has 0 amide bonds. The van der Waals surface area contributed by atoms with Gasteiger partial charge in [-0.25, -0.2) is 4.98 Å². The second kappa shape index (κ2) is 2.73.